The maximum atomic E-state index is 13.1. The first-order valence-electron chi connectivity index (χ1n) is 6.90. The summed E-state index contributed by atoms with van der Waals surface area (Å²) in [6, 6.07) is 5.51. The van der Waals surface area contributed by atoms with Crippen molar-refractivity contribution in [2.24, 2.45) is 0 Å². The van der Waals surface area contributed by atoms with Gasteiger partial charge in [0, 0.05) is 24.5 Å². The van der Waals surface area contributed by atoms with E-state index in [1.807, 2.05) is 0 Å². The summed E-state index contributed by atoms with van der Waals surface area (Å²) < 4.78 is 25.9. The van der Waals surface area contributed by atoms with Crippen molar-refractivity contribution in [3.05, 3.63) is 65.5 Å². The van der Waals surface area contributed by atoms with Crippen LogP contribution in [0.2, 0.25) is 0 Å². The molecule has 7 heteroatoms. The molecule has 2 aromatic rings. The number of aromatic nitrogens is 1. The predicted octanol–water partition coefficient (Wildman–Crippen LogP) is 1.79. The minimum atomic E-state index is -1.12. The molecule has 0 fully saturated rings. The van der Waals surface area contributed by atoms with Crippen LogP contribution in [0.5, 0.6) is 0 Å². The number of carbonyl (C=O) groups excluding carboxylic acids is 2. The van der Waals surface area contributed by atoms with Gasteiger partial charge in [-0.25, -0.2) is 8.78 Å². The van der Waals surface area contributed by atoms with Crippen molar-refractivity contribution in [2.45, 2.75) is 19.5 Å². The molecule has 2 rings (SSSR count). The van der Waals surface area contributed by atoms with E-state index in [-0.39, 0.29) is 12.1 Å². The summed E-state index contributed by atoms with van der Waals surface area (Å²) in [6.07, 6.45) is 3.24. The molecule has 1 heterocycles. The third kappa shape index (κ3) is 4.57. The van der Waals surface area contributed by atoms with Crippen molar-refractivity contribution in [1.29, 1.82) is 0 Å². The maximum absolute atomic E-state index is 13.1. The van der Waals surface area contributed by atoms with E-state index in [0.717, 1.165) is 23.8 Å². The molecular weight excluding hydrogens is 304 g/mol. The zero-order valence-electron chi connectivity index (χ0n) is 12.3. The Kier molecular flexibility index (Phi) is 5.35. The minimum Gasteiger partial charge on any atom is -0.350 e. The number of hydrogen-bond donors (Lipinski definition) is 2. The number of nitrogens with one attached hydrogen (secondary N) is 2. The molecule has 5 nitrogen and oxygen atoms in total. The Labute approximate surface area is 131 Å². The van der Waals surface area contributed by atoms with E-state index >= 15 is 0 Å². The van der Waals surface area contributed by atoms with Crippen LogP contribution in [0.25, 0.3) is 0 Å². The monoisotopic (exact) mass is 319 g/mol. The first-order valence-corrected chi connectivity index (χ1v) is 6.90. The van der Waals surface area contributed by atoms with Gasteiger partial charge in [-0.1, -0.05) is 6.07 Å². The van der Waals surface area contributed by atoms with Crippen molar-refractivity contribution >= 4 is 11.8 Å². The number of hydrogen-bond acceptors (Lipinski definition) is 3. The van der Waals surface area contributed by atoms with Gasteiger partial charge in [0.2, 0.25) is 5.91 Å². The van der Waals surface area contributed by atoms with Crippen LogP contribution in [0.4, 0.5) is 8.78 Å². The highest BCUT2D eigenvalue weighted by atomic mass is 19.2. The topological polar surface area (TPSA) is 71.1 Å². The van der Waals surface area contributed by atoms with E-state index in [0.29, 0.717) is 0 Å². The molecule has 1 aromatic heterocycles. The van der Waals surface area contributed by atoms with E-state index in [4.69, 9.17) is 0 Å². The lowest BCUT2D eigenvalue weighted by atomic mass is 10.2. The second-order valence-corrected chi connectivity index (χ2v) is 4.90. The van der Waals surface area contributed by atoms with E-state index in [2.05, 4.69) is 15.6 Å². The maximum Gasteiger partial charge on any atom is 0.252 e. The van der Waals surface area contributed by atoms with Gasteiger partial charge < -0.3 is 10.6 Å². The number of carbonyl (C=O) groups is 2. The van der Waals surface area contributed by atoms with Crippen LogP contribution in [-0.2, 0) is 11.3 Å². The molecule has 0 saturated carbocycles. The molecule has 0 aliphatic rings. The quantitative estimate of drug-likeness (QED) is 0.883. The lowest BCUT2D eigenvalue weighted by molar-refractivity contribution is -0.122. The smallest absolute Gasteiger partial charge is 0.252 e. The van der Waals surface area contributed by atoms with Crippen molar-refractivity contribution in [3.63, 3.8) is 0 Å². The van der Waals surface area contributed by atoms with E-state index in [1.165, 1.54) is 6.92 Å². The van der Waals surface area contributed by atoms with Crippen LogP contribution >= 0.6 is 0 Å². The fourth-order valence-corrected chi connectivity index (χ4v) is 1.83. The summed E-state index contributed by atoms with van der Waals surface area (Å²) in [5.74, 6) is -3.21. The molecule has 23 heavy (non-hydrogen) atoms. The third-order valence-corrected chi connectivity index (χ3v) is 3.11. The van der Waals surface area contributed by atoms with Crippen molar-refractivity contribution < 1.29 is 18.4 Å². The standard InChI is InChI=1S/C16H15F2N3O2/c1-10(15(22)20-9-11-3-2-6-19-8-11)21-16(23)12-4-5-13(17)14(18)7-12/h2-8,10H,9H2,1H3,(H,20,22)(H,21,23)/t10-/m1/s1. The van der Waals surface area contributed by atoms with Gasteiger partial charge in [0.05, 0.1) is 0 Å². The molecule has 1 atom stereocenters. The first-order chi connectivity index (χ1) is 11.0. The van der Waals surface area contributed by atoms with Crippen LogP contribution < -0.4 is 10.6 Å². The number of amides is 2. The Balaban J connectivity index is 1.89. The molecule has 0 aliphatic heterocycles. The highest BCUT2D eigenvalue weighted by Crippen LogP contribution is 2.08. The predicted molar refractivity (Wildman–Crippen MR) is 79.4 cm³/mol. The number of rotatable bonds is 5. The Bertz CT molecular complexity index is 708. The van der Waals surface area contributed by atoms with Crippen molar-refractivity contribution in [2.75, 3.05) is 0 Å². The summed E-state index contributed by atoms with van der Waals surface area (Å²) in [6.45, 7) is 1.77. The lowest BCUT2D eigenvalue weighted by Gasteiger charge is -2.14. The largest absolute Gasteiger partial charge is 0.350 e. The Hall–Kier alpha value is -2.83. The van der Waals surface area contributed by atoms with E-state index in [1.54, 1.807) is 24.5 Å². The van der Waals surface area contributed by atoms with Gasteiger partial charge >= 0.3 is 0 Å². The van der Waals surface area contributed by atoms with Gasteiger partial charge in [-0.15, -0.1) is 0 Å². The SMILES string of the molecule is C[C@@H](NC(=O)c1ccc(F)c(F)c1)C(=O)NCc1cccnc1. The summed E-state index contributed by atoms with van der Waals surface area (Å²) in [5.41, 5.74) is 0.760. The fraction of sp³-hybridized carbons (Fsp3) is 0.188. The molecule has 1 aromatic carbocycles. The Morgan fingerprint density at radius 3 is 2.65 bits per heavy atom. The second-order valence-electron chi connectivity index (χ2n) is 4.90. The van der Waals surface area contributed by atoms with E-state index in [9.17, 15) is 18.4 Å². The van der Waals surface area contributed by atoms with Crippen molar-refractivity contribution in [3.8, 4) is 0 Å². The van der Waals surface area contributed by atoms with Gasteiger partial charge in [0.25, 0.3) is 5.91 Å². The fourth-order valence-electron chi connectivity index (χ4n) is 1.83. The molecule has 0 saturated heterocycles. The average Bonchev–Trinajstić information content (AvgIpc) is 2.55. The molecule has 0 bridgehead atoms. The molecule has 0 radical (unpaired) electrons. The third-order valence-electron chi connectivity index (χ3n) is 3.11. The average molecular weight is 319 g/mol. The zero-order valence-corrected chi connectivity index (χ0v) is 12.3. The molecule has 2 N–H and O–H groups in total. The second kappa shape index (κ2) is 7.44. The number of pyridine rings is 1. The van der Waals surface area contributed by atoms with Crippen LogP contribution in [0.15, 0.2) is 42.7 Å². The normalized spacial score (nSPS) is 11.6. The summed E-state index contributed by atoms with van der Waals surface area (Å²) in [5, 5.41) is 5.07. The van der Waals surface area contributed by atoms with Crippen LogP contribution in [0, 0.1) is 11.6 Å². The highest BCUT2D eigenvalue weighted by Gasteiger charge is 2.17. The number of nitrogens with zero attached hydrogens (tertiary/aromatic N) is 1. The van der Waals surface area contributed by atoms with Gasteiger partial charge in [-0.05, 0) is 36.8 Å². The van der Waals surface area contributed by atoms with Crippen molar-refractivity contribution in [1.82, 2.24) is 15.6 Å². The highest BCUT2D eigenvalue weighted by molar-refractivity contribution is 5.97. The summed E-state index contributed by atoms with van der Waals surface area (Å²) >= 11 is 0. The van der Waals surface area contributed by atoms with E-state index < -0.39 is 29.5 Å². The molecule has 2 amide bonds. The van der Waals surface area contributed by atoms with Gasteiger partial charge in [-0.3, -0.25) is 14.6 Å². The lowest BCUT2D eigenvalue weighted by Crippen LogP contribution is -2.44. The zero-order chi connectivity index (χ0) is 16.8. The first kappa shape index (κ1) is 16.5. The Morgan fingerprint density at radius 1 is 1.22 bits per heavy atom. The van der Waals surface area contributed by atoms with Crippen LogP contribution in [0.1, 0.15) is 22.8 Å². The minimum absolute atomic E-state index is 0.0594. The molecular formula is C16H15F2N3O2. The molecule has 0 spiro atoms. The summed E-state index contributed by atoms with van der Waals surface area (Å²) in [7, 11) is 0. The van der Waals surface area contributed by atoms with Crippen LogP contribution in [0.3, 0.4) is 0 Å². The molecule has 0 unspecified atom stereocenters. The van der Waals surface area contributed by atoms with Gasteiger partial charge in [-0.2, -0.15) is 0 Å². The van der Waals surface area contributed by atoms with Crippen LogP contribution in [-0.4, -0.2) is 22.8 Å². The molecule has 0 aliphatic carbocycles. The van der Waals surface area contributed by atoms with Gasteiger partial charge in [0.1, 0.15) is 6.04 Å². The summed E-state index contributed by atoms with van der Waals surface area (Å²) in [4.78, 5) is 27.8. The van der Waals surface area contributed by atoms with Gasteiger partial charge in [0.15, 0.2) is 11.6 Å². The number of benzene rings is 1. The molecule has 120 valence electrons. The Morgan fingerprint density at radius 2 is 2.00 bits per heavy atom. The number of halogens is 2.